The van der Waals surface area contributed by atoms with Crippen LogP contribution >= 0.6 is 11.6 Å². The lowest BCUT2D eigenvalue weighted by Crippen LogP contribution is -2.20. The number of benzene rings is 2. The quantitative estimate of drug-likeness (QED) is 0.624. The first-order chi connectivity index (χ1) is 11.9. The Balaban J connectivity index is 2.04. The number of nitro groups is 1. The van der Waals surface area contributed by atoms with E-state index in [9.17, 15) is 14.9 Å². The second kappa shape index (κ2) is 7.99. The van der Waals surface area contributed by atoms with Crippen LogP contribution in [-0.4, -0.2) is 24.5 Å². The van der Waals surface area contributed by atoms with Gasteiger partial charge in [0.05, 0.1) is 28.7 Å². The van der Waals surface area contributed by atoms with Gasteiger partial charge in [-0.2, -0.15) is 5.26 Å². The Morgan fingerprint density at radius 1 is 1.36 bits per heavy atom. The Bertz CT molecular complexity index is 863. The van der Waals surface area contributed by atoms with E-state index in [4.69, 9.17) is 26.3 Å². The SMILES string of the molecule is COc1ccc(OCC(=O)Nc2ccc(C#N)c(Cl)c2)c([N+](=O)[O-])c1. The Hall–Kier alpha value is -3.31. The largest absolute Gasteiger partial charge is 0.496 e. The van der Waals surface area contributed by atoms with Gasteiger partial charge in [0, 0.05) is 5.69 Å². The number of hydrogen-bond acceptors (Lipinski definition) is 6. The summed E-state index contributed by atoms with van der Waals surface area (Å²) in [5.41, 5.74) is 0.347. The summed E-state index contributed by atoms with van der Waals surface area (Å²) in [5, 5.41) is 22.6. The van der Waals surface area contributed by atoms with Crippen molar-refractivity contribution >= 4 is 28.9 Å². The molecule has 0 atom stereocenters. The number of amides is 1. The van der Waals surface area contributed by atoms with Gasteiger partial charge in [0.1, 0.15) is 11.8 Å². The zero-order valence-electron chi connectivity index (χ0n) is 13.0. The number of nitrogens with zero attached hydrogens (tertiary/aromatic N) is 2. The minimum atomic E-state index is -0.629. The van der Waals surface area contributed by atoms with Gasteiger partial charge >= 0.3 is 5.69 Å². The molecule has 1 amide bonds. The molecule has 0 aliphatic carbocycles. The summed E-state index contributed by atoms with van der Waals surface area (Å²) in [6.07, 6.45) is 0. The molecule has 0 aliphatic rings. The molecule has 0 unspecified atom stereocenters. The first-order valence-electron chi connectivity index (χ1n) is 6.89. The molecule has 2 rings (SSSR count). The van der Waals surface area contributed by atoms with E-state index in [-0.39, 0.29) is 22.0 Å². The molecule has 0 heterocycles. The van der Waals surface area contributed by atoms with E-state index in [2.05, 4.69) is 5.32 Å². The molecule has 2 aromatic carbocycles. The van der Waals surface area contributed by atoms with Gasteiger partial charge in [0.25, 0.3) is 5.91 Å². The van der Waals surface area contributed by atoms with Crippen molar-refractivity contribution in [1.29, 1.82) is 5.26 Å². The van der Waals surface area contributed by atoms with E-state index in [1.54, 1.807) is 0 Å². The van der Waals surface area contributed by atoms with Crippen molar-refractivity contribution in [2.45, 2.75) is 0 Å². The maximum Gasteiger partial charge on any atom is 0.314 e. The molecule has 0 saturated heterocycles. The van der Waals surface area contributed by atoms with E-state index >= 15 is 0 Å². The lowest BCUT2D eigenvalue weighted by Gasteiger charge is -2.09. The molecule has 8 nitrogen and oxygen atoms in total. The van der Waals surface area contributed by atoms with Crippen molar-refractivity contribution in [1.82, 2.24) is 0 Å². The number of nitriles is 1. The zero-order valence-corrected chi connectivity index (χ0v) is 13.7. The van der Waals surface area contributed by atoms with Gasteiger partial charge in [-0.3, -0.25) is 14.9 Å². The van der Waals surface area contributed by atoms with Crippen molar-refractivity contribution in [3.05, 3.63) is 57.1 Å². The number of halogens is 1. The third kappa shape index (κ3) is 4.59. The molecule has 0 bridgehead atoms. The maximum absolute atomic E-state index is 11.9. The Kier molecular flexibility index (Phi) is 5.76. The highest BCUT2D eigenvalue weighted by Gasteiger charge is 2.17. The minimum Gasteiger partial charge on any atom is -0.496 e. The van der Waals surface area contributed by atoms with Crippen LogP contribution in [0.5, 0.6) is 11.5 Å². The molecule has 0 saturated carbocycles. The fourth-order valence-corrected chi connectivity index (χ4v) is 2.14. The number of methoxy groups -OCH3 is 1. The van der Waals surface area contributed by atoms with Gasteiger partial charge in [-0.15, -0.1) is 0 Å². The predicted molar refractivity (Wildman–Crippen MR) is 89.9 cm³/mol. The van der Waals surface area contributed by atoms with Crippen LogP contribution in [0.15, 0.2) is 36.4 Å². The monoisotopic (exact) mass is 361 g/mol. The van der Waals surface area contributed by atoms with Gasteiger partial charge in [0.15, 0.2) is 12.4 Å². The molecule has 128 valence electrons. The average molecular weight is 362 g/mol. The van der Waals surface area contributed by atoms with Crippen LogP contribution in [0.25, 0.3) is 0 Å². The summed E-state index contributed by atoms with van der Waals surface area (Å²) < 4.78 is 10.1. The third-order valence-electron chi connectivity index (χ3n) is 3.09. The molecule has 0 radical (unpaired) electrons. The summed E-state index contributed by atoms with van der Waals surface area (Å²) in [7, 11) is 1.38. The van der Waals surface area contributed by atoms with E-state index < -0.39 is 17.4 Å². The van der Waals surface area contributed by atoms with Crippen LogP contribution in [0.3, 0.4) is 0 Å². The molecule has 9 heteroatoms. The van der Waals surface area contributed by atoms with Crippen molar-refractivity contribution < 1.29 is 19.2 Å². The van der Waals surface area contributed by atoms with E-state index in [1.165, 1.54) is 43.5 Å². The second-order valence-corrected chi connectivity index (χ2v) is 5.14. The summed E-state index contributed by atoms with van der Waals surface area (Å²) in [5.74, 6) is -0.291. The van der Waals surface area contributed by atoms with Crippen LogP contribution in [-0.2, 0) is 4.79 Å². The molecular weight excluding hydrogens is 350 g/mol. The van der Waals surface area contributed by atoms with E-state index in [0.29, 0.717) is 11.4 Å². The number of ether oxygens (including phenoxy) is 2. The fraction of sp³-hybridized carbons (Fsp3) is 0.125. The van der Waals surface area contributed by atoms with Crippen LogP contribution in [0, 0.1) is 21.4 Å². The fourth-order valence-electron chi connectivity index (χ4n) is 1.91. The number of carbonyl (C=O) groups excluding carboxylic acids is 1. The van der Waals surface area contributed by atoms with E-state index in [1.807, 2.05) is 6.07 Å². The summed E-state index contributed by atoms with van der Waals surface area (Å²) >= 11 is 5.88. The Morgan fingerprint density at radius 2 is 2.12 bits per heavy atom. The van der Waals surface area contributed by atoms with Crippen molar-refractivity contribution in [2.75, 3.05) is 19.0 Å². The van der Waals surface area contributed by atoms with Crippen LogP contribution in [0.1, 0.15) is 5.56 Å². The number of anilines is 1. The number of nitrogens with one attached hydrogen (secondary N) is 1. The zero-order chi connectivity index (χ0) is 18.4. The summed E-state index contributed by atoms with van der Waals surface area (Å²) in [4.78, 5) is 22.3. The molecular formula is C16H12ClN3O5. The summed E-state index contributed by atoms with van der Waals surface area (Å²) in [6.45, 7) is -0.440. The molecule has 0 aliphatic heterocycles. The first kappa shape index (κ1) is 18.0. The van der Waals surface area contributed by atoms with Gasteiger partial charge in [-0.1, -0.05) is 11.6 Å². The molecule has 0 aromatic heterocycles. The third-order valence-corrected chi connectivity index (χ3v) is 3.41. The first-order valence-corrected chi connectivity index (χ1v) is 7.27. The normalized spacial score (nSPS) is 9.80. The Labute approximate surface area is 147 Å². The topological polar surface area (TPSA) is 114 Å². The van der Waals surface area contributed by atoms with Crippen LogP contribution < -0.4 is 14.8 Å². The van der Waals surface area contributed by atoms with Crippen LogP contribution in [0.4, 0.5) is 11.4 Å². The molecule has 1 N–H and O–H groups in total. The van der Waals surface area contributed by atoms with Gasteiger partial charge in [-0.05, 0) is 30.3 Å². The van der Waals surface area contributed by atoms with Crippen molar-refractivity contribution in [3.63, 3.8) is 0 Å². The number of hydrogen-bond donors (Lipinski definition) is 1. The second-order valence-electron chi connectivity index (χ2n) is 4.73. The minimum absolute atomic E-state index is 0.0567. The lowest BCUT2D eigenvalue weighted by atomic mass is 10.2. The standard InChI is InChI=1S/C16H12ClN3O5/c1-24-12-4-5-15(14(7-12)20(22)23)25-9-16(21)19-11-3-2-10(8-18)13(17)6-11/h2-7H,9H2,1H3,(H,19,21). The highest BCUT2D eigenvalue weighted by atomic mass is 35.5. The average Bonchev–Trinajstić information content (AvgIpc) is 2.60. The molecule has 0 spiro atoms. The molecule has 0 fully saturated rings. The van der Waals surface area contributed by atoms with Crippen molar-refractivity contribution in [2.24, 2.45) is 0 Å². The molecule has 25 heavy (non-hydrogen) atoms. The highest BCUT2D eigenvalue weighted by molar-refractivity contribution is 6.32. The van der Waals surface area contributed by atoms with Gasteiger partial charge in [-0.25, -0.2) is 0 Å². The predicted octanol–water partition coefficient (Wildman–Crippen LogP) is 3.15. The lowest BCUT2D eigenvalue weighted by molar-refractivity contribution is -0.385. The number of carbonyl (C=O) groups is 1. The summed E-state index contributed by atoms with van der Waals surface area (Å²) in [6, 6.07) is 10.3. The van der Waals surface area contributed by atoms with E-state index in [0.717, 1.165) is 0 Å². The Morgan fingerprint density at radius 3 is 2.72 bits per heavy atom. The number of rotatable bonds is 6. The van der Waals surface area contributed by atoms with Crippen LogP contribution in [0.2, 0.25) is 5.02 Å². The smallest absolute Gasteiger partial charge is 0.314 e. The van der Waals surface area contributed by atoms with Crippen molar-refractivity contribution in [3.8, 4) is 17.6 Å². The number of nitro benzene ring substituents is 1. The molecule has 2 aromatic rings. The highest BCUT2D eigenvalue weighted by Crippen LogP contribution is 2.31. The van der Waals surface area contributed by atoms with Gasteiger partial charge in [0.2, 0.25) is 0 Å². The maximum atomic E-state index is 11.9. The van der Waals surface area contributed by atoms with Gasteiger partial charge < -0.3 is 14.8 Å².